The van der Waals surface area contributed by atoms with E-state index < -0.39 is 9.84 Å². The fraction of sp³-hybridized carbons (Fsp3) is 0.474. The molecule has 1 aliphatic heterocycles. The van der Waals surface area contributed by atoms with E-state index in [0.29, 0.717) is 11.9 Å². The molecule has 2 aromatic rings. The minimum atomic E-state index is -3.61. The van der Waals surface area contributed by atoms with Crippen molar-refractivity contribution in [1.29, 1.82) is 0 Å². The van der Waals surface area contributed by atoms with E-state index in [1.165, 1.54) is 6.42 Å². The zero-order chi connectivity index (χ0) is 18.2. The number of sulfone groups is 1. The van der Waals surface area contributed by atoms with Gasteiger partial charge in [-0.2, -0.15) is 0 Å². The summed E-state index contributed by atoms with van der Waals surface area (Å²) >= 11 is 0. The summed E-state index contributed by atoms with van der Waals surface area (Å²) in [5.74, 6) is 0.363. The fourth-order valence-electron chi connectivity index (χ4n) is 3.88. The molecule has 3 rings (SSSR count). The van der Waals surface area contributed by atoms with Gasteiger partial charge in [0, 0.05) is 18.3 Å². The van der Waals surface area contributed by atoms with Gasteiger partial charge in [0.15, 0.2) is 0 Å². The van der Waals surface area contributed by atoms with Gasteiger partial charge in [0.05, 0.1) is 4.90 Å². The molecule has 1 saturated heterocycles. The zero-order valence-electron chi connectivity index (χ0n) is 15.2. The zero-order valence-corrected chi connectivity index (χ0v) is 16.0. The molecule has 0 amide bonds. The summed E-state index contributed by atoms with van der Waals surface area (Å²) < 4.78 is 28.2. The van der Waals surface area contributed by atoms with Gasteiger partial charge >= 0.3 is 0 Å². The number of aromatic nitrogens is 1. The van der Waals surface area contributed by atoms with Crippen LogP contribution >= 0.6 is 0 Å². The molecule has 5 nitrogen and oxygen atoms in total. The largest absolute Gasteiger partial charge is 0.384 e. The van der Waals surface area contributed by atoms with Crippen LogP contribution in [0.1, 0.15) is 31.0 Å². The Labute approximate surface area is 150 Å². The Balaban J connectivity index is 2.03. The van der Waals surface area contributed by atoms with Crippen LogP contribution in [0, 0.1) is 13.8 Å². The molecule has 0 aliphatic carbocycles. The second-order valence-electron chi connectivity index (χ2n) is 6.78. The van der Waals surface area contributed by atoms with Crippen molar-refractivity contribution < 1.29 is 8.42 Å². The molecule has 0 saturated carbocycles. The van der Waals surface area contributed by atoms with E-state index in [1.807, 2.05) is 24.5 Å². The second-order valence-corrected chi connectivity index (χ2v) is 8.66. The van der Waals surface area contributed by atoms with Crippen LogP contribution in [0.15, 0.2) is 40.1 Å². The number of rotatable bonds is 5. The number of hydrogen-bond acceptors (Lipinski definition) is 4. The summed E-state index contributed by atoms with van der Waals surface area (Å²) in [6.07, 6.45) is 2.32. The molecule has 1 aromatic carbocycles. The molecule has 1 fully saturated rings. The first-order valence-electron chi connectivity index (χ1n) is 8.87. The molecule has 6 heteroatoms. The van der Waals surface area contributed by atoms with Crippen molar-refractivity contribution in [3.8, 4) is 0 Å². The normalized spacial score (nSPS) is 18.8. The van der Waals surface area contributed by atoms with Crippen LogP contribution in [0.3, 0.4) is 0 Å². The summed E-state index contributed by atoms with van der Waals surface area (Å²) in [7, 11) is -3.61. The number of nitrogens with two attached hydrogens (primary N) is 1. The van der Waals surface area contributed by atoms with Gasteiger partial charge in [-0.15, -0.1) is 0 Å². The van der Waals surface area contributed by atoms with Gasteiger partial charge in [-0.05, 0) is 57.5 Å². The highest BCUT2D eigenvalue weighted by Gasteiger charge is 2.30. The van der Waals surface area contributed by atoms with Gasteiger partial charge in [-0.1, -0.05) is 25.1 Å². The molecule has 1 aromatic heterocycles. The van der Waals surface area contributed by atoms with E-state index >= 15 is 0 Å². The summed E-state index contributed by atoms with van der Waals surface area (Å²) in [5.41, 5.74) is 8.05. The average Bonchev–Trinajstić information content (AvgIpc) is 3.14. The van der Waals surface area contributed by atoms with E-state index in [-0.39, 0.29) is 9.79 Å². The Hall–Kier alpha value is -1.79. The average molecular weight is 362 g/mol. The number of benzene rings is 1. The molecule has 1 atom stereocenters. The lowest BCUT2D eigenvalue weighted by molar-refractivity contribution is 0.244. The monoisotopic (exact) mass is 361 g/mol. The van der Waals surface area contributed by atoms with Gasteiger partial charge in [0.2, 0.25) is 9.84 Å². The third kappa shape index (κ3) is 3.09. The smallest absolute Gasteiger partial charge is 0.210 e. The number of nitrogen functional groups attached to an aromatic ring is 1. The van der Waals surface area contributed by atoms with Crippen LogP contribution in [-0.2, 0) is 16.4 Å². The molecule has 0 unspecified atom stereocenters. The molecule has 0 spiro atoms. The second kappa shape index (κ2) is 6.84. The summed E-state index contributed by atoms with van der Waals surface area (Å²) in [6, 6.07) is 8.95. The SMILES string of the molecule is CCN1CCC[C@H]1Cn1c(C)c(C)c(S(=O)(=O)c2ccccc2)c1N. The standard InChI is InChI=1S/C19H27N3O2S/c1-4-21-12-8-9-16(21)13-22-15(3)14(2)18(19(22)20)25(23,24)17-10-6-5-7-11-17/h5-7,10-11,16H,4,8-9,12-13,20H2,1-3H3/t16-/m0/s1. The first-order valence-corrected chi connectivity index (χ1v) is 10.4. The van der Waals surface area contributed by atoms with Crippen molar-refractivity contribution in [2.45, 2.75) is 56.0 Å². The van der Waals surface area contributed by atoms with Crippen molar-refractivity contribution >= 4 is 15.7 Å². The Morgan fingerprint density at radius 1 is 1.20 bits per heavy atom. The van der Waals surface area contributed by atoms with E-state index in [0.717, 1.165) is 37.3 Å². The maximum Gasteiger partial charge on any atom is 0.210 e. The van der Waals surface area contributed by atoms with Crippen LogP contribution in [0.5, 0.6) is 0 Å². The van der Waals surface area contributed by atoms with Gasteiger partial charge in [0.25, 0.3) is 0 Å². The molecule has 2 heterocycles. The number of hydrogen-bond donors (Lipinski definition) is 1. The van der Waals surface area contributed by atoms with E-state index in [9.17, 15) is 8.42 Å². The van der Waals surface area contributed by atoms with Crippen molar-refractivity contribution in [1.82, 2.24) is 9.47 Å². The number of likely N-dealkylation sites (tertiary alicyclic amines) is 1. The lowest BCUT2D eigenvalue weighted by atomic mass is 10.2. The number of likely N-dealkylation sites (N-methyl/N-ethyl adjacent to an activating group) is 1. The summed E-state index contributed by atoms with van der Waals surface area (Å²) in [6.45, 7) is 8.84. The Morgan fingerprint density at radius 3 is 2.52 bits per heavy atom. The van der Waals surface area contributed by atoms with Crippen molar-refractivity contribution in [3.63, 3.8) is 0 Å². The highest BCUT2D eigenvalue weighted by Crippen LogP contribution is 2.34. The molecule has 2 N–H and O–H groups in total. The topological polar surface area (TPSA) is 68.3 Å². The van der Waals surface area contributed by atoms with Crippen LogP contribution in [0.25, 0.3) is 0 Å². The minimum absolute atomic E-state index is 0.261. The third-order valence-electron chi connectivity index (χ3n) is 5.43. The van der Waals surface area contributed by atoms with Crippen LogP contribution in [0.4, 0.5) is 5.82 Å². The van der Waals surface area contributed by atoms with Crippen LogP contribution < -0.4 is 5.73 Å². The Kier molecular flexibility index (Phi) is 4.93. The maximum absolute atomic E-state index is 13.1. The summed E-state index contributed by atoms with van der Waals surface area (Å²) in [4.78, 5) is 3.00. The minimum Gasteiger partial charge on any atom is -0.384 e. The lowest BCUT2D eigenvalue weighted by Crippen LogP contribution is -2.33. The summed E-state index contributed by atoms with van der Waals surface area (Å²) in [5, 5.41) is 0. The predicted octanol–water partition coefficient (Wildman–Crippen LogP) is 3.00. The Bertz CT molecular complexity index is 857. The van der Waals surface area contributed by atoms with Gasteiger partial charge in [0.1, 0.15) is 10.7 Å². The highest BCUT2D eigenvalue weighted by atomic mass is 32.2. The van der Waals surface area contributed by atoms with Crippen molar-refractivity contribution in [3.05, 3.63) is 41.6 Å². The molecule has 25 heavy (non-hydrogen) atoms. The fourth-order valence-corrected chi connectivity index (χ4v) is 5.57. The predicted molar refractivity (Wildman–Crippen MR) is 100 cm³/mol. The first-order chi connectivity index (χ1) is 11.9. The quantitative estimate of drug-likeness (QED) is 0.889. The highest BCUT2D eigenvalue weighted by molar-refractivity contribution is 7.91. The number of nitrogens with zero attached hydrogens (tertiary/aromatic N) is 2. The van der Waals surface area contributed by atoms with Gasteiger partial charge < -0.3 is 10.3 Å². The van der Waals surface area contributed by atoms with Crippen molar-refractivity contribution in [2.24, 2.45) is 0 Å². The van der Waals surface area contributed by atoms with Crippen LogP contribution in [-0.4, -0.2) is 37.0 Å². The van der Waals surface area contributed by atoms with Crippen LogP contribution in [0.2, 0.25) is 0 Å². The molecule has 0 bridgehead atoms. The van der Waals surface area contributed by atoms with E-state index in [4.69, 9.17) is 5.73 Å². The Morgan fingerprint density at radius 2 is 1.88 bits per heavy atom. The molecule has 1 aliphatic rings. The molecular weight excluding hydrogens is 334 g/mol. The van der Waals surface area contributed by atoms with E-state index in [1.54, 1.807) is 24.3 Å². The molecule has 136 valence electrons. The maximum atomic E-state index is 13.1. The molecular formula is C19H27N3O2S. The first kappa shape index (κ1) is 18.0. The number of anilines is 1. The van der Waals surface area contributed by atoms with Gasteiger partial charge in [-0.3, -0.25) is 4.90 Å². The van der Waals surface area contributed by atoms with E-state index in [2.05, 4.69) is 11.8 Å². The molecule has 0 radical (unpaired) electrons. The van der Waals surface area contributed by atoms with Gasteiger partial charge in [-0.25, -0.2) is 8.42 Å². The third-order valence-corrected chi connectivity index (χ3v) is 7.38. The lowest BCUT2D eigenvalue weighted by Gasteiger charge is -2.24. The van der Waals surface area contributed by atoms with Crippen molar-refractivity contribution in [2.75, 3.05) is 18.8 Å².